The van der Waals surface area contributed by atoms with Crippen molar-refractivity contribution in [3.63, 3.8) is 0 Å². The Kier molecular flexibility index (Phi) is 5.51. The Balaban J connectivity index is 3.06. The molecular formula is C12H14ClN4O2+. The van der Waals surface area contributed by atoms with Crippen molar-refractivity contribution in [2.24, 2.45) is 16.6 Å². The SMILES string of the molecule is C#CCOc1c(Cl)cc(/C=[NH+]\N=C(N)N)cc1OC. The van der Waals surface area contributed by atoms with Crippen molar-refractivity contribution in [2.45, 2.75) is 0 Å². The number of nitrogens with two attached hydrogens (primary N) is 2. The molecule has 0 radical (unpaired) electrons. The molecule has 0 saturated heterocycles. The van der Waals surface area contributed by atoms with Gasteiger partial charge in [0.15, 0.2) is 11.5 Å². The summed E-state index contributed by atoms with van der Waals surface area (Å²) in [5.41, 5.74) is 11.1. The van der Waals surface area contributed by atoms with Gasteiger partial charge >= 0.3 is 0 Å². The summed E-state index contributed by atoms with van der Waals surface area (Å²) in [4.78, 5) is 0. The summed E-state index contributed by atoms with van der Waals surface area (Å²) in [7, 11) is 1.50. The minimum absolute atomic E-state index is 0.0803. The number of guanidine groups is 1. The van der Waals surface area contributed by atoms with Gasteiger partial charge in [-0.15, -0.1) is 11.5 Å². The monoisotopic (exact) mass is 281 g/mol. The molecule has 0 aliphatic rings. The van der Waals surface area contributed by atoms with Crippen LogP contribution in [0.1, 0.15) is 5.56 Å². The first-order chi connectivity index (χ1) is 9.08. The van der Waals surface area contributed by atoms with Gasteiger partial charge in [-0.25, -0.2) is 0 Å². The highest BCUT2D eigenvalue weighted by Crippen LogP contribution is 2.35. The standard InChI is InChI=1S/C12H13ClN4O2/c1-3-4-19-11-9(13)5-8(6-10(11)18-2)7-16-17-12(14)15/h1,5-7H,4H2,2H3,(H4,14,15,17)/p+1/b16-7-. The van der Waals surface area contributed by atoms with Crippen LogP contribution in [0, 0.1) is 12.3 Å². The number of ether oxygens (including phenoxy) is 2. The summed E-state index contributed by atoms with van der Waals surface area (Å²) >= 11 is 6.08. The maximum absolute atomic E-state index is 6.08. The molecule has 0 aromatic heterocycles. The Morgan fingerprint density at radius 3 is 2.89 bits per heavy atom. The molecule has 6 nitrogen and oxygen atoms in total. The third-order valence-corrected chi connectivity index (χ3v) is 2.26. The number of hydrazone groups is 1. The van der Waals surface area contributed by atoms with Gasteiger partial charge in [-0.3, -0.25) is 0 Å². The van der Waals surface area contributed by atoms with E-state index in [1.54, 1.807) is 18.3 Å². The van der Waals surface area contributed by atoms with Gasteiger partial charge in [0.2, 0.25) is 6.21 Å². The highest BCUT2D eigenvalue weighted by molar-refractivity contribution is 6.32. The fraction of sp³-hybridized carbons (Fsp3) is 0.167. The van der Waals surface area contributed by atoms with E-state index in [0.29, 0.717) is 22.1 Å². The van der Waals surface area contributed by atoms with Gasteiger partial charge in [0.1, 0.15) is 6.61 Å². The zero-order chi connectivity index (χ0) is 14.3. The van der Waals surface area contributed by atoms with Crippen molar-refractivity contribution in [1.82, 2.24) is 0 Å². The molecule has 100 valence electrons. The van der Waals surface area contributed by atoms with E-state index in [1.165, 1.54) is 7.11 Å². The summed E-state index contributed by atoms with van der Waals surface area (Å²) in [5.74, 6) is 3.12. The number of hydrogen-bond donors (Lipinski definition) is 3. The van der Waals surface area contributed by atoms with E-state index in [-0.39, 0.29) is 12.6 Å². The molecule has 0 atom stereocenters. The molecule has 1 aromatic rings. The van der Waals surface area contributed by atoms with Gasteiger partial charge in [-0.2, -0.15) is 0 Å². The lowest BCUT2D eigenvalue weighted by Gasteiger charge is -2.10. The first-order valence-electron chi connectivity index (χ1n) is 5.19. The number of benzene rings is 1. The van der Waals surface area contributed by atoms with Crippen molar-refractivity contribution in [3.8, 4) is 23.8 Å². The average molecular weight is 282 g/mol. The van der Waals surface area contributed by atoms with Gasteiger partial charge in [0.05, 0.1) is 12.1 Å². The molecule has 0 saturated carbocycles. The molecular weight excluding hydrogens is 268 g/mol. The van der Waals surface area contributed by atoms with Crippen LogP contribution in [0.2, 0.25) is 5.02 Å². The van der Waals surface area contributed by atoms with Crippen LogP contribution in [0.4, 0.5) is 0 Å². The molecule has 5 N–H and O–H groups in total. The smallest absolute Gasteiger partial charge is 0.256 e. The fourth-order valence-corrected chi connectivity index (χ4v) is 1.53. The Labute approximate surface area is 116 Å². The van der Waals surface area contributed by atoms with Crippen molar-refractivity contribution < 1.29 is 14.6 Å². The largest absolute Gasteiger partial charge is 0.493 e. The van der Waals surface area contributed by atoms with E-state index < -0.39 is 0 Å². The normalized spacial score (nSPS) is 9.95. The van der Waals surface area contributed by atoms with Crippen LogP contribution in [0.3, 0.4) is 0 Å². The summed E-state index contributed by atoms with van der Waals surface area (Å²) < 4.78 is 10.5. The van der Waals surface area contributed by atoms with E-state index in [0.717, 1.165) is 0 Å². The molecule has 0 fully saturated rings. The predicted octanol–water partition coefficient (Wildman–Crippen LogP) is -0.951. The van der Waals surface area contributed by atoms with Gasteiger partial charge in [0.25, 0.3) is 5.96 Å². The van der Waals surface area contributed by atoms with Crippen LogP contribution < -0.4 is 26.0 Å². The number of hydrogen-bond acceptors (Lipinski definition) is 3. The van der Waals surface area contributed by atoms with Crippen molar-refractivity contribution >= 4 is 23.8 Å². The number of terminal acetylenes is 1. The molecule has 7 heteroatoms. The summed E-state index contributed by atoms with van der Waals surface area (Å²) in [5, 5.41) is 6.54. The van der Waals surface area contributed by atoms with Crippen molar-refractivity contribution in [3.05, 3.63) is 22.7 Å². The molecule has 0 aliphatic carbocycles. The van der Waals surface area contributed by atoms with E-state index in [9.17, 15) is 0 Å². The zero-order valence-corrected chi connectivity index (χ0v) is 11.1. The van der Waals surface area contributed by atoms with Crippen LogP contribution in [-0.2, 0) is 0 Å². The number of nitrogens with one attached hydrogen (secondary N) is 1. The molecule has 0 unspecified atom stereocenters. The molecule has 0 aliphatic heterocycles. The lowest BCUT2D eigenvalue weighted by Crippen LogP contribution is -2.63. The lowest BCUT2D eigenvalue weighted by atomic mass is 10.2. The van der Waals surface area contributed by atoms with Crippen molar-refractivity contribution in [1.29, 1.82) is 0 Å². The number of halogens is 1. The van der Waals surface area contributed by atoms with E-state index in [1.807, 2.05) is 0 Å². The molecule has 19 heavy (non-hydrogen) atoms. The lowest BCUT2D eigenvalue weighted by molar-refractivity contribution is -0.456. The van der Waals surface area contributed by atoms with E-state index in [2.05, 4.69) is 16.1 Å². The molecule has 0 heterocycles. The molecule has 0 bridgehead atoms. The Bertz CT molecular complexity index is 545. The second-order valence-corrected chi connectivity index (χ2v) is 3.74. The second kappa shape index (κ2) is 7.13. The van der Waals surface area contributed by atoms with Gasteiger partial charge < -0.3 is 20.9 Å². The highest BCUT2D eigenvalue weighted by atomic mass is 35.5. The number of rotatable bonds is 5. The first kappa shape index (κ1) is 14.7. The van der Waals surface area contributed by atoms with Crippen LogP contribution in [0.25, 0.3) is 0 Å². The van der Waals surface area contributed by atoms with Gasteiger partial charge in [-0.05, 0) is 12.1 Å². The maximum atomic E-state index is 6.08. The van der Waals surface area contributed by atoms with Gasteiger partial charge in [-0.1, -0.05) is 17.5 Å². The Morgan fingerprint density at radius 1 is 1.58 bits per heavy atom. The van der Waals surface area contributed by atoms with Crippen LogP contribution >= 0.6 is 11.6 Å². The summed E-state index contributed by atoms with van der Waals surface area (Å²) in [6, 6.07) is 3.36. The minimum atomic E-state index is -0.0803. The number of methoxy groups -OCH3 is 1. The molecule has 1 aromatic carbocycles. The predicted molar refractivity (Wildman–Crippen MR) is 74.3 cm³/mol. The number of nitrogens with zero attached hydrogens (tertiary/aromatic N) is 1. The summed E-state index contributed by atoms with van der Waals surface area (Å²) in [6.45, 7) is 0.103. The zero-order valence-electron chi connectivity index (χ0n) is 10.3. The third-order valence-electron chi connectivity index (χ3n) is 1.98. The van der Waals surface area contributed by atoms with E-state index >= 15 is 0 Å². The quantitative estimate of drug-likeness (QED) is 0.281. The first-order valence-corrected chi connectivity index (χ1v) is 5.57. The van der Waals surface area contributed by atoms with Crippen LogP contribution in [0.5, 0.6) is 11.5 Å². The molecule has 0 amide bonds. The van der Waals surface area contributed by atoms with Crippen LogP contribution in [0.15, 0.2) is 17.2 Å². The van der Waals surface area contributed by atoms with E-state index in [4.69, 9.17) is 39.0 Å². The fourth-order valence-electron chi connectivity index (χ4n) is 1.26. The molecule has 1 rings (SSSR count). The molecule has 0 spiro atoms. The van der Waals surface area contributed by atoms with Crippen molar-refractivity contribution in [2.75, 3.05) is 13.7 Å². The Morgan fingerprint density at radius 2 is 2.32 bits per heavy atom. The average Bonchev–Trinajstić information content (AvgIpc) is 2.36. The summed E-state index contributed by atoms with van der Waals surface area (Å²) in [6.07, 6.45) is 6.68. The maximum Gasteiger partial charge on any atom is 0.256 e. The third kappa shape index (κ3) is 4.41. The second-order valence-electron chi connectivity index (χ2n) is 3.34. The topological polar surface area (TPSA) is 96.8 Å². The Hall–Kier alpha value is -2.39. The van der Waals surface area contributed by atoms with Gasteiger partial charge in [0, 0.05) is 10.7 Å². The highest BCUT2D eigenvalue weighted by Gasteiger charge is 2.12. The van der Waals surface area contributed by atoms with Crippen LogP contribution in [-0.4, -0.2) is 25.9 Å². The minimum Gasteiger partial charge on any atom is -0.493 e.